The van der Waals surface area contributed by atoms with E-state index >= 15 is 0 Å². The smallest absolute Gasteiger partial charge is 0.303 e. The first-order valence-corrected chi connectivity index (χ1v) is 6.33. The number of carbonyl (C=O) groups is 2. The van der Waals surface area contributed by atoms with E-state index in [-0.39, 0.29) is 18.6 Å². The van der Waals surface area contributed by atoms with Gasteiger partial charge in [-0.05, 0) is 24.6 Å². The Morgan fingerprint density at radius 2 is 2.11 bits per heavy atom. The molecule has 1 aromatic heterocycles. The zero-order valence-corrected chi connectivity index (χ0v) is 10.8. The number of rotatable bonds is 6. The number of aromatic amines is 1. The Balaban J connectivity index is 2.11. The molecule has 0 radical (unpaired) electrons. The van der Waals surface area contributed by atoms with Gasteiger partial charge in [-0.25, -0.2) is 4.98 Å². The Kier molecular flexibility index (Phi) is 3.94. The minimum atomic E-state index is -0.871. The number of hydrogen-bond acceptors (Lipinski definition) is 3. The number of fused-ring (bicyclic) bond motifs is 1. The van der Waals surface area contributed by atoms with Crippen LogP contribution in [-0.4, -0.2) is 26.8 Å². The first-order chi connectivity index (χ1) is 9.10. The summed E-state index contributed by atoms with van der Waals surface area (Å²) in [7, 11) is 0. The van der Waals surface area contributed by atoms with E-state index < -0.39 is 5.97 Å². The molecule has 0 atom stereocenters. The topological polar surface area (TPSA) is 83.1 Å². The monoisotopic (exact) mass is 260 g/mol. The lowest BCUT2D eigenvalue weighted by Gasteiger charge is -2.00. The third-order valence-electron chi connectivity index (χ3n) is 2.98. The van der Waals surface area contributed by atoms with Gasteiger partial charge >= 0.3 is 5.97 Å². The molecular weight excluding hydrogens is 244 g/mol. The van der Waals surface area contributed by atoms with Crippen LogP contribution in [0, 0.1) is 0 Å². The number of benzene rings is 1. The lowest BCUT2D eigenvalue weighted by molar-refractivity contribution is -0.137. The lowest BCUT2D eigenvalue weighted by atomic mass is 10.1. The second-order valence-corrected chi connectivity index (χ2v) is 4.44. The number of carboxylic acid groups (broad SMARTS) is 1. The molecule has 2 rings (SSSR count). The SMILES string of the molecule is CCc1nc2ccc(C(=O)CCCC(=O)O)cc2[nH]1. The van der Waals surface area contributed by atoms with Crippen molar-refractivity contribution in [2.24, 2.45) is 0 Å². The summed E-state index contributed by atoms with van der Waals surface area (Å²) in [5, 5.41) is 8.54. The molecular formula is C14H16N2O3. The normalized spacial score (nSPS) is 10.8. The molecule has 1 heterocycles. The lowest BCUT2D eigenvalue weighted by Crippen LogP contribution is -2.01. The standard InChI is InChI=1S/C14H16N2O3/c1-2-13-15-10-7-6-9(8-11(10)16-13)12(17)4-3-5-14(18)19/h6-8H,2-5H2,1H3,(H,15,16)(H,18,19). The van der Waals surface area contributed by atoms with Gasteiger partial charge in [0.1, 0.15) is 5.82 Å². The van der Waals surface area contributed by atoms with E-state index in [1.165, 1.54) is 0 Å². The number of aromatic nitrogens is 2. The van der Waals surface area contributed by atoms with Crippen LogP contribution in [0.1, 0.15) is 42.4 Å². The second kappa shape index (κ2) is 5.65. The zero-order valence-electron chi connectivity index (χ0n) is 10.8. The van der Waals surface area contributed by atoms with Crippen LogP contribution in [-0.2, 0) is 11.2 Å². The number of ketones is 1. The predicted octanol–water partition coefficient (Wildman–Crippen LogP) is 2.56. The number of imidazole rings is 1. The number of aryl methyl sites for hydroxylation is 1. The number of H-pyrrole nitrogens is 1. The maximum atomic E-state index is 11.9. The number of carboxylic acids is 1. The van der Waals surface area contributed by atoms with Crippen molar-refractivity contribution in [2.45, 2.75) is 32.6 Å². The maximum Gasteiger partial charge on any atom is 0.303 e. The van der Waals surface area contributed by atoms with Gasteiger partial charge in [-0.1, -0.05) is 6.92 Å². The van der Waals surface area contributed by atoms with Crippen LogP contribution >= 0.6 is 0 Å². The number of nitrogens with zero attached hydrogens (tertiary/aromatic N) is 1. The number of Topliss-reactive ketones (excluding diaryl/α,β-unsaturated/α-hetero) is 1. The summed E-state index contributed by atoms with van der Waals surface area (Å²) in [4.78, 5) is 29.9. The molecule has 2 N–H and O–H groups in total. The summed E-state index contributed by atoms with van der Waals surface area (Å²) in [6.45, 7) is 2.01. The van der Waals surface area contributed by atoms with Gasteiger partial charge < -0.3 is 10.1 Å². The van der Waals surface area contributed by atoms with E-state index in [1.54, 1.807) is 12.1 Å². The van der Waals surface area contributed by atoms with E-state index in [9.17, 15) is 9.59 Å². The molecule has 0 aliphatic heterocycles. The molecule has 0 saturated carbocycles. The summed E-state index contributed by atoms with van der Waals surface area (Å²) in [6, 6.07) is 5.34. The summed E-state index contributed by atoms with van der Waals surface area (Å²) in [5.74, 6) is -0.00863. The van der Waals surface area contributed by atoms with Crippen molar-refractivity contribution in [1.82, 2.24) is 9.97 Å². The van der Waals surface area contributed by atoms with Crippen LogP contribution < -0.4 is 0 Å². The average Bonchev–Trinajstić information content (AvgIpc) is 2.79. The van der Waals surface area contributed by atoms with Gasteiger partial charge in [-0.2, -0.15) is 0 Å². The van der Waals surface area contributed by atoms with Crippen LogP contribution in [0.4, 0.5) is 0 Å². The highest BCUT2D eigenvalue weighted by Crippen LogP contribution is 2.16. The predicted molar refractivity (Wildman–Crippen MR) is 71.3 cm³/mol. The molecule has 5 heteroatoms. The highest BCUT2D eigenvalue weighted by Gasteiger charge is 2.09. The molecule has 0 amide bonds. The van der Waals surface area contributed by atoms with Crippen molar-refractivity contribution >= 4 is 22.8 Å². The molecule has 5 nitrogen and oxygen atoms in total. The second-order valence-electron chi connectivity index (χ2n) is 4.44. The van der Waals surface area contributed by atoms with Gasteiger partial charge in [0.15, 0.2) is 5.78 Å². The molecule has 0 bridgehead atoms. The highest BCUT2D eigenvalue weighted by molar-refractivity contribution is 5.99. The summed E-state index contributed by atoms with van der Waals surface area (Å²) in [6.07, 6.45) is 1.47. The quantitative estimate of drug-likeness (QED) is 0.782. The molecule has 0 aliphatic carbocycles. The minimum Gasteiger partial charge on any atom is -0.481 e. The van der Waals surface area contributed by atoms with Gasteiger partial charge in [0.2, 0.25) is 0 Å². The first kappa shape index (κ1) is 13.3. The van der Waals surface area contributed by atoms with Crippen molar-refractivity contribution in [3.05, 3.63) is 29.6 Å². The molecule has 0 spiro atoms. The zero-order chi connectivity index (χ0) is 13.8. The summed E-state index contributed by atoms with van der Waals surface area (Å²) < 4.78 is 0. The fraction of sp³-hybridized carbons (Fsp3) is 0.357. The Labute approximate surface area is 110 Å². The van der Waals surface area contributed by atoms with Gasteiger partial charge in [-0.3, -0.25) is 9.59 Å². The summed E-state index contributed by atoms with van der Waals surface area (Å²) >= 11 is 0. The molecule has 0 fully saturated rings. The average molecular weight is 260 g/mol. The van der Waals surface area contributed by atoms with Crippen molar-refractivity contribution in [3.8, 4) is 0 Å². The molecule has 19 heavy (non-hydrogen) atoms. The van der Waals surface area contributed by atoms with Crippen molar-refractivity contribution in [2.75, 3.05) is 0 Å². The number of hydrogen-bond donors (Lipinski definition) is 2. The summed E-state index contributed by atoms with van der Waals surface area (Å²) in [5.41, 5.74) is 2.30. The van der Waals surface area contributed by atoms with Gasteiger partial charge in [0, 0.05) is 24.8 Å². The molecule has 0 aliphatic rings. The van der Waals surface area contributed by atoms with E-state index in [1.807, 2.05) is 13.0 Å². The van der Waals surface area contributed by atoms with E-state index in [2.05, 4.69) is 9.97 Å². The van der Waals surface area contributed by atoms with Crippen LogP contribution in [0.3, 0.4) is 0 Å². The number of carbonyl (C=O) groups excluding carboxylic acids is 1. The van der Waals surface area contributed by atoms with Crippen molar-refractivity contribution < 1.29 is 14.7 Å². The number of aliphatic carboxylic acids is 1. The maximum absolute atomic E-state index is 11.9. The van der Waals surface area contributed by atoms with E-state index in [0.29, 0.717) is 12.0 Å². The van der Waals surface area contributed by atoms with E-state index in [0.717, 1.165) is 23.3 Å². The fourth-order valence-corrected chi connectivity index (χ4v) is 1.95. The van der Waals surface area contributed by atoms with Crippen LogP contribution in [0.5, 0.6) is 0 Å². The van der Waals surface area contributed by atoms with Gasteiger partial charge in [0.05, 0.1) is 11.0 Å². The molecule has 2 aromatic rings. The molecule has 1 aromatic carbocycles. The molecule has 0 unspecified atom stereocenters. The highest BCUT2D eigenvalue weighted by atomic mass is 16.4. The van der Waals surface area contributed by atoms with Gasteiger partial charge in [0.25, 0.3) is 0 Å². The molecule has 0 saturated heterocycles. The Bertz CT molecular complexity index is 616. The molecule has 100 valence electrons. The van der Waals surface area contributed by atoms with Gasteiger partial charge in [-0.15, -0.1) is 0 Å². The third-order valence-corrected chi connectivity index (χ3v) is 2.98. The van der Waals surface area contributed by atoms with Crippen LogP contribution in [0.25, 0.3) is 11.0 Å². The Morgan fingerprint density at radius 3 is 2.79 bits per heavy atom. The third kappa shape index (κ3) is 3.19. The van der Waals surface area contributed by atoms with E-state index in [4.69, 9.17) is 5.11 Å². The van der Waals surface area contributed by atoms with Crippen molar-refractivity contribution in [3.63, 3.8) is 0 Å². The largest absolute Gasteiger partial charge is 0.481 e. The number of nitrogens with one attached hydrogen (secondary N) is 1. The first-order valence-electron chi connectivity index (χ1n) is 6.33. The fourth-order valence-electron chi connectivity index (χ4n) is 1.95. The minimum absolute atomic E-state index is 0.0258. The van der Waals surface area contributed by atoms with Crippen LogP contribution in [0.2, 0.25) is 0 Å². The van der Waals surface area contributed by atoms with Crippen molar-refractivity contribution in [1.29, 1.82) is 0 Å². The van der Waals surface area contributed by atoms with Crippen LogP contribution in [0.15, 0.2) is 18.2 Å². The Hall–Kier alpha value is -2.17. The Morgan fingerprint density at radius 1 is 1.32 bits per heavy atom.